The van der Waals surface area contributed by atoms with E-state index in [4.69, 9.17) is 0 Å². The third-order valence-electron chi connectivity index (χ3n) is 8.72. The van der Waals surface area contributed by atoms with Gasteiger partial charge in [0, 0.05) is 6.42 Å². The molecule has 0 saturated carbocycles. The lowest BCUT2D eigenvalue weighted by molar-refractivity contribution is -0.123. The second kappa shape index (κ2) is 42.5. The van der Waals surface area contributed by atoms with Crippen molar-refractivity contribution in [1.29, 1.82) is 0 Å². The maximum absolute atomic E-state index is 12.4. The lowest BCUT2D eigenvalue weighted by Crippen LogP contribution is -2.45. The molecule has 2 unspecified atom stereocenters. The van der Waals surface area contributed by atoms with E-state index in [1.54, 1.807) is 6.08 Å². The lowest BCUT2D eigenvalue weighted by Gasteiger charge is -2.19. The van der Waals surface area contributed by atoms with Gasteiger partial charge in [0.05, 0.1) is 18.8 Å². The summed E-state index contributed by atoms with van der Waals surface area (Å²) in [5.41, 5.74) is 0. The summed E-state index contributed by atoms with van der Waals surface area (Å²) in [5.74, 6) is -0.0942. The summed E-state index contributed by atoms with van der Waals surface area (Å²) in [7, 11) is 0. The molecule has 0 spiro atoms. The number of nitrogens with one attached hydrogen (secondary N) is 1. The van der Waals surface area contributed by atoms with Gasteiger partial charge < -0.3 is 15.5 Å². The highest BCUT2D eigenvalue weighted by atomic mass is 16.3. The predicted molar refractivity (Wildman–Crippen MR) is 229 cm³/mol. The fraction of sp³-hybridized carbons (Fsp3) is 0.604. The van der Waals surface area contributed by atoms with Crippen molar-refractivity contribution in [3.8, 4) is 0 Å². The molecule has 4 heteroatoms. The molecule has 4 nitrogen and oxygen atoms in total. The van der Waals surface area contributed by atoms with Gasteiger partial charge in [-0.1, -0.05) is 175 Å². The van der Waals surface area contributed by atoms with E-state index in [1.807, 2.05) is 6.08 Å². The van der Waals surface area contributed by atoms with Crippen LogP contribution in [0.15, 0.2) is 109 Å². The van der Waals surface area contributed by atoms with E-state index < -0.39 is 12.1 Å². The van der Waals surface area contributed by atoms with Gasteiger partial charge in [0.15, 0.2) is 0 Å². The molecule has 0 aliphatic heterocycles. The molecule has 0 saturated heterocycles. The van der Waals surface area contributed by atoms with Crippen LogP contribution in [0, 0.1) is 0 Å². The number of aliphatic hydroxyl groups excluding tert-OH is 2. The first-order valence-corrected chi connectivity index (χ1v) is 21.1. The lowest BCUT2D eigenvalue weighted by atomic mass is 10.1. The van der Waals surface area contributed by atoms with Crippen LogP contribution < -0.4 is 5.32 Å². The number of carbonyl (C=O) groups is 1. The highest BCUT2D eigenvalue weighted by Crippen LogP contribution is 2.11. The number of unbranched alkanes of at least 4 members (excludes halogenated alkanes) is 13. The minimum absolute atomic E-state index is 0.0942. The summed E-state index contributed by atoms with van der Waals surface area (Å²) in [5, 5.41) is 22.9. The van der Waals surface area contributed by atoms with E-state index in [-0.39, 0.29) is 12.5 Å². The molecule has 0 aromatic heterocycles. The fourth-order valence-electron chi connectivity index (χ4n) is 5.50. The number of amides is 1. The van der Waals surface area contributed by atoms with Crippen LogP contribution in [-0.4, -0.2) is 34.9 Å². The van der Waals surface area contributed by atoms with Crippen LogP contribution >= 0.6 is 0 Å². The standard InChI is InChI=1S/C48H79NO3/c1-3-5-7-9-11-13-15-17-18-19-20-21-22-23-24-25-26-27-28-29-30-32-34-36-38-40-42-44-48(52)49-46(45-50)47(51)43-41-39-37-35-33-31-16-14-12-10-8-6-4-2/h5,7,11-14,17-18,20-21,23-24,26-27,33,35,41,43,46-47,50-51H,3-4,6,8-10,15-16,19,22,25,28-32,34,36-40,42,44-45H2,1-2H3,(H,49,52)/b7-5-,13-11-,14-12+,18-17-,21-20-,24-23-,27-26-,35-33+,43-41+. The Hall–Kier alpha value is -2.95. The van der Waals surface area contributed by atoms with E-state index >= 15 is 0 Å². The zero-order chi connectivity index (χ0) is 37.8. The maximum Gasteiger partial charge on any atom is 0.220 e. The van der Waals surface area contributed by atoms with Crippen molar-refractivity contribution in [2.45, 2.75) is 180 Å². The van der Waals surface area contributed by atoms with Crippen LogP contribution in [0.3, 0.4) is 0 Å². The van der Waals surface area contributed by atoms with E-state index in [2.05, 4.69) is 116 Å². The molecule has 0 aliphatic carbocycles. The van der Waals surface area contributed by atoms with Crippen molar-refractivity contribution in [2.75, 3.05) is 6.61 Å². The average Bonchev–Trinajstić information content (AvgIpc) is 3.15. The third-order valence-corrected chi connectivity index (χ3v) is 8.72. The highest BCUT2D eigenvalue weighted by Gasteiger charge is 2.17. The fourth-order valence-corrected chi connectivity index (χ4v) is 5.50. The molecular weight excluding hydrogens is 639 g/mol. The first-order valence-electron chi connectivity index (χ1n) is 21.1. The van der Waals surface area contributed by atoms with Crippen molar-refractivity contribution in [3.63, 3.8) is 0 Å². The van der Waals surface area contributed by atoms with Gasteiger partial charge in [0.2, 0.25) is 5.91 Å². The molecule has 0 fully saturated rings. The monoisotopic (exact) mass is 718 g/mol. The van der Waals surface area contributed by atoms with Crippen LogP contribution in [0.5, 0.6) is 0 Å². The van der Waals surface area contributed by atoms with Gasteiger partial charge in [-0.05, 0) is 96.3 Å². The topological polar surface area (TPSA) is 69.6 Å². The van der Waals surface area contributed by atoms with Crippen molar-refractivity contribution < 1.29 is 15.0 Å². The Bertz CT molecular complexity index is 1040. The van der Waals surface area contributed by atoms with Gasteiger partial charge in [-0.25, -0.2) is 0 Å². The molecule has 0 bridgehead atoms. The zero-order valence-corrected chi connectivity index (χ0v) is 33.5. The van der Waals surface area contributed by atoms with Gasteiger partial charge in [0.25, 0.3) is 0 Å². The van der Waals surface area contributed by atoms with Crippen LogP contribution in [-0.2, 0) is 4.79 Å². The number of allylic oxidation sites excluding steroid dienone is 17. The molecule has 0 heterocycles. The number of hydrogen-bond donors (Lipinski definition) is 3. The molecule has 0 rings (SSSR count). The quantitative estimate of drug-likeness (QED) is 0.0446. The SMILES string of the molecule is CC/C=C\C/C=C\C/C=C\C/C=C\C/C=C\C/C=C\CCCCCCCCCCC(=O)NC(CO)C(O)/C=C/CC/C=C/CC/C=C/CCCCC. The molecule has 0 aliphatic rings. The summed E-state index contributed by atoms with van der Waals surface area (Å²) in [6.45, 7) is 4.12. The van der Waals surface area contributed by atoms with Gasteiger partial charge in [-0.3, -0.25) is 4.79 Å². The Morgan fingerprint density at radius 2 is 0.865 bits per heavy atom. The van der Waals surface area contributed by atoms with Crippen LogP contribution in [0.1, 0.15) is 168 Å². The van der Waals surface area contributed by atoms with Gasteiger partial charge in [-0.15, -0.1) is 0 Å². The van der Waals surface area contributed by atoms with Crippen molar-refractivity contribution in [3.05, 3.63) is 109 Å². The summed E-state index contributed by atoms with van der Waals surface area (Å²) < 4.78 is 0. The molecule has 2 atom stereocenters. The Balaban J connectivity index is 3.69. The smallest absolute Gasteiger partial charge is 0.220 e. The van der Waals surface area contributed by atoms with E-state index in [0.29, 0.717) is 6.42 Å². The van der Waals surface area contributed by atoms with Gasteiger partial charge in [-0.2, -0.15) is 0 Å². The Labute approximate surface area is 321 Å². The molecule has 52 heavy (non-hydrogen) atoms. The Morgan fingerprint density at radius 1 is 0.481 bits per heavy atom. The maximum atomic E-state index is 12.4. The molecule has 294 valence electrons. The second-order valence-electron chi connectivity index (χ2n) is 13.7. The minimum atomic E-state index is -0.879. The first-order chi connectivity index (χ1) is 25.7. The van der Waals surface area contributed by atoms with Crippen LogP contribution in [0.4, 0.5) is 0 Å². The van der Waals surface area contributed by atoms with E-state index in [9.17, 15) is 15.0 Å². The molecular formula is C48H79NO3. The highest BCUT2D eigenvalue weighted by molar-refractivity contribution is 5.76. The zero-order valence-electron chi connectivity index (χ0n) is 33.5. The predicted octanol–water partition coefficient (Wildman–Crippen LogP) is 13.2. The van der Waals surface area contributed by atoms with Gasteiger partial charge >= 0.3 is 0 Å². The first kappa shape index (κ1) is 49.1. The number of carbonyl (C=O) groups excluding carboxylic acids is 1. The molecule has 0 radical (unpaired) electrons. The molecule has 1 amide bonds. The van der Waals surface area contributed by atoms with E-state index in [0.717, 1.165) is 89.9 Å². The normalized spacial score (nSPS) is 14.2. The van der Waals surface area contributed by atoms with Crippen LogP contribution in [0.25, 0.3) is 0 Å². The van der Waals surface area contributed by atoms with E-state index in [1.165, 1.54) is 57.8 Å². The molecule has 0 aromatic carbocycles. The number of hydrogen-bond acceptors (Lipinski definition) is 3. The summed E-state index contributed by atoms with van der Waals surface area (Å²) in [6, 6.07) is -0.656. The molecule has 0 aromatic rings. The summed E-state index contributed by atoms with van der Waals surface area (Å²) in [6.07, 6.45) is 64.7. The van der Waals surface area contributed by atoms with Gasteiger partial charge in [0.1, 0.15) is 0 Å². The van der Waals surface area contributed by atoms with Crippen molar-refractivity contribution in [1.82, 2.24) is 5.32 Å². The van der Waals surface area contributed by atoms with Crippen LogP contribution in [0.2, 0.25) is 0 Å². The largest absolute Gasteiger partial charge is 0.394 e. The summed E-state index contributed by atoms with van der Waals surface area (Å²) in [4.78, 5) is 12.4. The Morgan fingerprint density at radius 3 is 1.35 bits per heavy atom. The minimum Gasteiger partial charge on any atom is -0.394 e. The summed E-state index contributed by atoms with van der Waals surface area (Å²) >= 11 is 0. The number of rotatable bonds is 36. The average molecular weight is 718 g/mol. The molecule has 3 N–H and O–H groups in total. The third kappa shape index (κ3) is 38.3. The second-order valence-corrected chi connectivity index (χ2v) is 13.7. The number of aliphatic hydroxyl groups is 2. The van der Waals surface area contributed by atoms with Crippen molar-refractivity contribution >= 4 is 5.91 Å². The van der Waals surface area contributed by atoms with Crippen molar-refractivity contribution in [2.24, 2.45) is 0 Å². The Kier molecular flexibility index (Phi) is 40.1.